The predicted molar refractivity (Wildman–Crippen MR) is 139 cm³/mol. The van der Waals surface area contributed by atoms with Gasteiger partial charge in [-0.2, -0.15) is 0 Å². The highest BCUT2D eigenvalue weighted by Crippen LogP contribution is 2.34. The van der Waals surface area contributed by atoms with Crippen molar-refractivity contribution in [3.05, 3.63) is 78.2 Å². The van der Waals surface area contributed by atoms with Crippen molar-refractivity contribution in [1.29, 1.82) is 0 Å². The summed E-state index contributed by atoms with van der Waals surface area (Å²) < 4.78 is 24.1. The summed E-state index contributed by atoms with van der Waals surface area (Å²) in [5.74, 6) is 2.37. The summed E-state index contributed by atoms with van der Waals surface area (Å²) in [5.41, 5.74) is 1.67. The number of hydrogen-bond acceptors (Lipinski definition) is 6. The lowest BCUT2D eigenvalue weighted by atomic mass is 10.1. The van der Waals surface area contributed by atoms with Crippen LogP contribution in [0.5, 0.6) is 23.0 Å². The molecule has 0 radical (unpaired) electrons. The second-order valence-corrected chi connectivity index (χ2v) is 8.59. The summed E-state index contributed by atoms with van der Waals surface area (Å²) in [7, 11) is 6.20. The van der Waals surface area contributed by atoms with Crippen LogP contribution in [-0.4, -0.2) is 33.2 Å². The molecule has 3 aromatic rings. The fraction of sp³-hybridized carbons (Fsp3) is 0.167. The van der Waals surface area contributed by atoms with Crippen LogP contribution in [0.2, 0.25) is 0 Å². The highest BCUT2D eigenvalue weighted by atomic mass is 79.9. The van der Waals surface area contributed by atoms with Gasteiger partial charge in [0.25, 0.3) is 11.9 Å². The van der Waals surface area contributed by atoms with Gasteiger partial charge in [-0.15, -0.1) is 0 Å². The van der Waals surface area contributed by atoms with E-state index in [1.165, 1.54) is 24.5 Å². The molecule has 0 aliphatic rings. The molecule has 0 spiro atoms. The summed E-state index contributed by atoms with van der Waals surface area (Å²) in [6.07, 6.45) is 8.81. The van der Waals surface area contributed by atoms with Gasteiger partial charge < -0.3 is 28.9 Å². The SMILES string of the molecule is COc1cc(/C=C/c2c[n+](=O)c(/C=C/c3cc(OC)c(Br)cc3OC)cn2[O-])c(OC)cc1Br. The quantitative estimate of drug-likeness (QED) is 0.314. The van der Waals surface area contributed by atoms with Crippen LogP contribution < -0.4 is 23.4 Å². The van der Waals surface area contributed by atoms with Crippen molar-refractivity contribution in [2.75, 3.05) is 28.4 Å². The molecule has 0 fully saturated rings. The highest BCUT2D eigenvalue weighted by Gasteiger charge is 2.12. The summed E-state index contributed by atoms with van der Waals surface area (Å²) in [6, 6.07) is 7.04. The molecule has 3 rings (SSSR count). The Morgan fingerprint density at radius 1 is 0.765 bits per heavy atom. The Hall–Kier alpha value is -3.24. The maximum Gasteiger partial charge on any atom is 0.278 e. The zero-order valence-corrected chi connectivity index (χ0v) is 22.0. The summed E-state index contributed by atoms with van der Waals surface area (Å²) in [6.45, 7) is 0. The third-order valence-electron chi connectivity index (χ3n) is 4.88. The average Bonchev–Trinajstić information content (AvgIpc) is 2.83. The molecule has 0 saturated carbocycles. The predicted octanol–water partition coefficient (Wildman–Crippen LogP) is 5.65. The summed E-state index contributed by atoms with van der Waals surface area (Å²) >= 11 is 6.82. The van der Waals surface area contributed by atoms with Crippen molar-refractivity contribution in [3.63, 3.8) is 0 Å². The molecule has 0 saturated heterocycles. The van der Waals surface area contributed by atoms with Gasteiger partial charge in [0, 0.05) is 22.1 Å². The van der Waals surface area contributed by atoms with Crippen molar-refractivity contribution >= 4 is 56.2 Å². The van der Waals surface area contributed by atoms with Gasteiger partial charge in [-0.3, -0.25) is 0 Å². The van der Waals surface area contributed by atoms with Gasteiger partial charge in [0.15, 0.2) is 0 Å². The summed E-state index contributed by atoms with van der Waals surface area (Å²) in [4.78, 5) is 12.6. The zero-order chi connectivity index (χ0) is 24.8. The minimum Gasteiger partial charge on any atom is -0.805 e. The Balaban J connectivity index is 1.93. The molecule has 0 atom stereocenters. The topological polar surface area (TPSA) is 87.9 Å². The van der Waals surface area contributed by atoms with E-state index in [2.05, 4.69) is 31.9 Å². The minimum atomic E-state index is 0.152. The van der Waals surface area contributed by atoms with Gasteiger partial charge in [-0.05, 0) is 74.4 Å². The van der Waals surface area contributed by atoms with Crippen LogP contribution in [0.15, 0.2) is 45.6 Å². The lowest BCUT2D eigenvalue weighted by Gasteiger charge is -2.12. The minimum absolute atomic E-state index is 0.152. The van der Waals surface area contributed by atoms with Crippen LogP contribution in [0.25, 0.3) is 24.3 Å². The molecular formula is C24H22Br2N2O6. The van der Waals surface area contributed by atoms with Crippen LogP contribution in [0, 0.1) is 10.1 Å². The first-order valence-electron chi connectivity index (χ1n) is 9.86. The molecule has 0 N–H and O–H groups in total. The fourth-order valence-electron chi connectivity index (χ4n) is 3.12. The molecule has 0 amide bonds. The number of hydrogen-bond donors (Lipinski definition) is 0. The van der Waals surface area contributed by atoms with E-state index < -0.39 is 0 Å². The van der Waals surface area contributed by atoms with Gasteiger partial charge in [-0.1, -0.05) is 0 Å². The molecule has 0 bridgehead atoms. The van der Waals surface area contributed by atoms with Crippen LogP contribution in [0.3, 0.4) is 0 Å². The largest absolute Gasteiger partial charge is 0.805 e. The van der Waals surface area contributed by atoms with Gasteiger partial charge in [0.1, 0.15) is 28.7 Å². The number of ether oxygens (including phenoxy) is 4. The van der Waals surface area contributed by atoms with E-state index in [9.17, 15) is 10.1 Å². The molecule has 1 heterocycles. The van der Waals surface area contributed by atoms with Crippen molar-refractivity contribution in [3.8, 4) is 23.0 Å². The molecule has 10 heteroatoms. The van der Waals surface area contributed by atoms with E-state index in [0.717, 1.165) is 8.95 Å². The number of rotatable bonds is 8. The molecular weight excluding hydrogens is 572 g/mol. The third-order valence-corrected chi connectivity index (χ3v) is 6.12. The van der Waals surface area contributed by atoms with Crippen molar-refractivity contribution in [1.82, 2.24) is 4.73 Å². The van der Waals surface area contributed by atoms with Gasteiger partial charge >= 0.3 is 0 Å². The monoisotopic (exact) mass is 592 g/mol. The van der Waals surface area contributed by atoms with Crippen LogP contribution >= 0.6 is 31.9 Å². The number of nitrogens with zero attached hydrogens (tertiary/aromatic N) is 2. The molecule has 34 heavy (non-hydrogen) atoms. The van der Waals surface area contributed by atoms with Crippen molar-refractivity contribution < 1.29 is 23.4 Å². The van der Waals surface area contributed by atoms with Gasteiger partial charge in [0.2, 0.25) is 0 Å². The molecule has 0 aliphatic heterocycles. The number of benzene rings is 2. The second-order valence-electron chi connectivity index (χ2n) is 6.88. The summed E-state index contributed by atoms with van der Waals surface area (Å²) in [5, 5.41) is 12.6. The Morgan fingerprint density at radius 2 is 1.24 bits per heavy atom. The maximum atomic E-state index is 12.6. The normalized spacial score (nSPS) is 11.2. The standard InChI is InChI=1S/C24H22Br2N2O6/c1-31-21-11-19(25)23(33-3)9-15(21)5-7-17-13-28(30)18(14-27(17)29)8-6-16-10-24(34-4)20(26)12-22(16)32-2/h5-14H,1-4H3/b7-5+,8-6+. The van der Waals surface area contributed by atoms with E-state index in [1.54, 1.807) is 64.9 Å². The second kappa shape index (κ2) is 11.3. The van der Waals surface area contributed by atoms with Crippen molar-refractivity contribution in [2.45, 2.75) is 0 Å². The van der Waals surface area contributed by atoms with Crippen LogP contribution in [0.4, 0.5) is 0 Å². The van der Waals surface area contributed by atoms with E-state index >= 15 is 0 Å². The molecule has 1 aromatic heterocycles. The van der Waals surface area contributed by atoms with E-state index in [4.69, 9.17) is 18.9 Å². The number of aromatic nitrogens is 2. The Bertz CT molecular complexity index is 1320. The Labute approximate surface area is 213 Å². The molecule has 0 aliphatic carbocycles. The molecule has 0 unspecified atom stereocenters. The molecule has 8 nitrogen and oxygen atoms in total. The lowest BCUT2D eigenvalue weighted by molar-refractivity contribution is -0.498. The average molecular weight is 594 g/mol. The van der Waals surface area contributed by atoms with E-state index in [-0.39, 0.29) is 11.4 Å². The Morgan fingerprint density at radius 3 is 1.71 bits per heavy atom. The first kappa shape index (κ1) is 25.4. The van der Waals surface area contributed by atoms with Crippen molar-refractivity contribution in [2.24, 2.45) is 0 Å². The third kappa shape index (κ3) is 5.63. The first-order valence-corrected chi connectivity index (χ1v) is 11.5. The number of halogens is 2. The molecule has 2 aromatic carbocycles. The number of methoxy groups -OCH3 is 4. The smallest absolute Gasteiger partial charge is 0.278 e. The van der Waals surface area contributed by atoms with Gasteiger partial charge in [-0.25, -0.2) is 0 Å². The van der Waals surface area contributed by atoms with Gasteiger partial charge in [0.05, 0.1) is 48.0 Å². The van der Waals surface area contributed by atoms with E-state index in [1.807, 2.05) is 0 Å². The van der Waals surface area contributed by atoms with Crippen LogP contribution in [0.1, 0.15) is 22.5 Å². The maximum absolute atomic E-state index is 12.6. The Kier molecular flexibility index (Phi) is 8.41. The lowest BCUT2D eigenvalue weighted by Crippen LogP contribution is -2.21. The highest BCUT2D eigenvalue weighted by molar-refractivity contribution is 9.10. The fourth-order valence-corrected chi connectivity index (χ4v) is 4.08. The first-order chi connectivity index (χ1) is 16.3. The zero-order valence-electron chi connectivity index (χ0n) is 18.9. The molecule has 178 valence electrons. The van der Waals surface area contributed by atoms with E-state index in [0.29, 0.717) is 43.3 Å². The van der Waals surface area contributed by atoms with Crippen LogP contribution in [-0.2, 0) is 0 Å².